The highest BCUT2D eigenvalue weighted by Gasteiger charge is 2.56. The van der Waals surface area contributed by atoms with E-state index in [0.717, 1.165) is 6.20 Å². The van der Waals surface area contributed by atoms with Gasteiger partial charge in [0.15, 0.2) is 12.4 Å². The van der Waals surface area contributed by atoms with Gasteiger partial charge in [0.25, 0.3) is 6.47 Å². The third-order valence-electron chi connectivity index (χ3n) is 3.84. The van der Waals surface area contributed by atoms with Gasteiger partial charge in [0.1, 0.15) is 18.5 Å². The largest absolute Gasteiger partial charge is 0.466 e. The molecule has 1 aromatic rings. The minimum Gasteiger partial charge on any atom is -0.466 e. The van der Waals surface area contributed by atoms with E-state index >= 15 is 0 Å². The van der Waals surface area contributed by atoms with Crippen molar-refractivity contribution in [1.29, 1.82) is 0 Å². The molecular formula is C13H17FN6O7. The first-order valence-corrected chi connectivity index (χ1v) is 7.61. The monoisotopic (exact) mass is 388 g/mol. The molecule has 0 aromatic carbocycles. The second kappa shape index (κ2) is 8.75. The molecule has 2 heterocycles. The number of nitrogens with one attached hydrogen (secondary N) is 1. The van der Waals surface area contributed by atoms with Crippen molar-refractivity contribution in [2.45, 2.75) is 30.3 Å². The van der Waals surface area contributed by atoms with Gasteiger partial charge in [0.2, 0.25) is 5.72 Å². The standard InChI is InChI=1S/C13H17FN6O7/c14-9-10(24)13(5-22,18-19-15)27-11(9)20-2-1-8(17-12(20)25)16-7(3-21)4-26-6-23/h1-2,6-7,9-11,21-22,24H,3-5H2,(H,16,17,25)/t7-,9-,10?,11?,13+/m0/s1. The van der Waals surface area contributed by atoms with E-state index in [1.54, 1.807) is 0 Å². The van der Waals surface area contributed by atoms with E-state index in [1.807, 2.05) is 0 Å². The lowest BCUT2D eigenvalue weighted by atomic mass is 10.1. The molecule has 148 valence electrons. The third kappa shape index (κ3) is 4.15. The number of aliphatic hydroxyl groups is 3. The highest BCUT2D eigenvalue weighted by atomic mass is 19.1. The summed E-state index contributed by atoms with van der Waals surface area (Å²) in [6.45, 7) is -1.42. The summed E-state index contributed by atoms with van der Waals surface area (Å²) >= 11 is 0. The van der Waals surface area contributed by atoms with Gasteiger partial charge in [0.05, 0.1) is 19.3 Å². The van der Waals surface area contributed by atoms with Crippen LogP contribution in [0.3, 0.4) is 0 Å². The molecule has 1 saturated heterocycles. The molecule has 0 radical (unpaired) electrons. The van der Waals surface area contributed by atoms with Crippen molar-refractivity contribution in [1.82, 2.24) is 9.55 Å². The van der Waals surface area contributed by atoms with Crippen LogP contribution in [0.5, 0.6) is 0 Å². The van der Waals surface area contributed by atoms with Crippen molar-refractivity contribution in [2.75, 3.05) is 25.1 Å². The number of hydrogen-bond acceptors (Lipinski definition) is 10. The lowest BCUT2D eigenvalue weighted by molar-refractivity contribution is -0.129. The summed E-state index contributed by atoms with van der Waals surface area (Å²) in [4.78, 5) is 28.4. The van der Waals surface area contributed by atoms with Gasteiger partial charge < -0.3 is 30.1 Å². The van der Waals surface area contributed by atoms with Gasteiger partial charge in [-0.25, -0.2) is 9.18 Å². The normalized spacial score (nSPS) is 28.2. The molecule has 1 aromatic heterocycles. The molecule has 2 unspecified atom stereocenters. The Morgan fingerprint density at radius 2 is 2.37 bits per heavy atom. The third-order valence-corrected chi connectivity index (χ3v) is 3.84. The highest BCUT2D eigenvalue weighted by Crippen LogP contribution is 2.39. The van der Waals surface area contributed by atoms with Crippen molar-refractivity contribution in [3.05, 3.63) is 33.2 Å². The minimum absolute atomic E-state index is 0.00206. The number of aliphatic hydroxyl groups excluding tert-OH is 3. The zero-order chi connectivity index (χ0) is 20.0. The molecule has 0 aliphatic carbocycles. The fourth-order valence-electron chi connectivity index (χ4n) is 2.47. The van der Waals surface area contributed by atoms with Crippen molar-refractivity contribution in [3.63, 3.8) is 0 Å². The van der Waals surface area contributed by atoms with E-state index in [4.69, 9.17) is 10.3 Å². The highest BCUT2D eigenvalue weighted by molar-refractivity contribution is 5.38. The van der Waals surface area contributed by atoms with Crippen molar-refractivity contribution >= 4 is 12.3 Å². The van der Waals surface area contributed by atoms with Crippen LogP contribution in [0.25, 0.3) is 10.4 Å². The first-order valence-electron chi connectivity index (χ1n) is 7.61. The Kier molecular flexibility index (Phi) is 6.65. The van der Waals surface area contributed by atoms with Crippen molar-refractivity contribution < 1.29 is 34.0 Å². The Bertz CT molecular complexity index is 772. The van der Waals surface area contributed by atoms with Crippen LogP contribution in [0.4, 0.5) is 10.2 Å². The molecule has 27 heavy (non-hydrogen) atoms. The van der Waals surface area contributed by atoms with Gasteiger partial charge in [-0.05, 0) is 11.6 Å². The number of halogens is 1. The molecule has 0 spiro atoms. The summed E-state index contributed by atoms with van der Waals surface area (Å²) < 4.78 is 24.7. The zero-order valence-electron chi connectivity index (χ0n) is 13.8. The summed E-state index contributed by atoms with van der Waals surface area (Å²) in [5.41, 5.74) is 5.28. The number of carbonyl (C=O) groups is 1. The zero-order valence-corrected chi connectivity index (χ0v) is 13.8. The van der Waals surface area contributed by atoms with Crippen LogP contribution in [0.2, 0.25) is 0 Å². The minimum atomic E-state index is -2.27. The molecular weight excluding hydrogens is 371 g/mol. The number of azide groups is 1. The van der Waals surface area contributed by atoms with E-state index in [1.165, 1.54) is 6.07 Å². The SMILES string of the molecule is [N-]=[N+]=N[C@]1(CO)OC(n2ccc(N[C@@H](CO)COC=O)nc2=O)[C@@H](F)C1O. The molecule has 5 atom stereocenters. The lowest BCUT2D eigenvalue weighted by Gasteiger charge is -2.23. The van der Waals surface area contributed by atoms with E-state index in [-0.39, 0.29) is 18.9 Å². The first kappa shape index (κ1) is 20.5. The number of aromatic nitrogens is 2. The molecule has 14 heteroatoms. The van der Waals surface area contributed by atoms with Crippen molar-refractivity contribution in [3.8, 4) is 0 Å². The Labute approximate surface area is 150 Å². The predicted octanol–water partition coefficient (Wildman–Crippen LogP) is -1.58. The van der Waals surface area contributed by atoms with Gasteiger partial charge in [-0.1, -0.05) is 5.11 Å². The number of nitrogens with zero attached hydrogens (tertiary/aromatic N) is 5. The maximum Gasteiger partial charge on any atom is 0.351 e. The quantitative estimate of drug-likeness (QED) is 0.167. The molecule has 1 aliphatic heterocycles. The molecule has 13 nitrogen and oxygen atoms in total. The number of rotatable bonds is 9. The van der Waals surface area contributed by atoms with Crippen LogP contribution in [0.1, 0.15) is 6.23 Å². The van der Waals surface area contributed by atoms with Crippen LogP contribution < -0.4 is 11.0 Å². The Morgan fingerprint density at radius 3 is 2.93 bits per heavy atom. The van der Waals surface area contributed by atoms with Crippen LogP contribution in [-0.2, 0) is 14.3 Å². The summed E-state index contributed by atoms with van der Waals surface area (Å²) in [5, 5.41) is 34.2. The van der Waals surface area contributed by atoms with Crippen LogP contribution in [0, 0.1) is 0 Å². The molecule has 0 saturated carbocycles. The second-order valence-corrected chi connectivity index (χ2v) is 5.55. The molecule has 0 bridgehead atoms. The Morgan fingerprint density at radius 1 is 1.63 bits per heavy atom. The van der Waals surface area contributed by atoms with Crippen LogP contribution >= 0.6 is 0 Å². The average molecular weight is 388 g/mol. The smallest absolute Gasteiger partial charge is 0.351 e. The molecule has 2 rings (SSSR count). The first-order chi connectivity index (χ1) is 12.9. The molecule has 4 N–H and O–H groups in total. The predicted molar refractivity (Wildman–Crippen MR) is 85.0 cm³/mol. The average Bonchev–Trinajstić information content (AvgIpc) is 2.91. The fourth-order valence-corrected chi connectivity index (χ4v) is 2.47. The number of carbonyl (C=O) groups excluding carboxylic acids is 1. The second-order valence-electron chi connectivity index (χ2n) is 5.55. The number of alkyl halides is 1. The number of ether oxygens (including phenoxy) is 2. The van der Waals surface area contributed by atoms with E-state index in [2.05, 4.69) is 25.1 Å². The van der Waals surface area contributed by atoms with E-state index in [9.17, 15) is 29.3 Å². The van der Waals surface area contributed by atoms with Crippen LogP contribution in [-0.4, -0.2) is 75.2 Å². The summed E-state index contributed by atoms with van der Waals surface area (Å²) in [7, 11) is 0. The van der Waals surface area contributed by atoms with Gasteiger partial charge in [-0.15, -0.1) is 0 Å². The summed E-state index contributed by atoms with van der Waals surface area (Å²) in [6.07, 6.45) is -4.79. The van der Waals surface area contributed by atoms with Crippen molar-refractivity contribution in [2.24, 2.45) is 5.11 Å². The number of hydrogen-bond donors (Lipinski definition) is 4. The summed E-state index contributed by atoms with van der Waals surface area (Å²) in [6, 6.07) is 0.517. The number of anilines is 1. The maximum absolute atomic E-state index is 14.4. The van der Waals surface area contributed by atoms with Crippen LogP contribution in [0.15, 0.2) is 22.2 Å². The Balaban J connectivity index is 2.24. The van der Waals surface area contributed by atoms with Gasteiger partial charge in [-0.2, -0.15) is 4.98 Å². The van der Waals surface area contributed by atoms with Gasteiger partial charge >= 0.3 is 5.69 Å². The molecule has 1 fully saturated rings. The van der Waals surface area contributed by atoms with E-state index in [0.29, 0.717) is 4.57 Å². The summed E-state index contributed by atoms with van der Waals surface area (Å²) in [5.74, 6) is 0.00206. The van der Waals surface area contributed by atoms with Gasteiger partial charge in [0, 0.05) is 11.1 Å². The maximum atomic E-state index is 14.4. The molecule has 1 aliphatic rings. The van der Waals surface area contributed by atoms with E-state index < -0.39 is 49.2 Å². The van der Waals surface area contributed by atoms with Gasteiger partial charge in [-0.3, -0.25) is 9.36 Å². The topological polar surface area (TPSA) is 192 Å². The Hall–Kier alpha value is -2.77. The molecule has 0 amide bonds. The fraction of sp³-hybridized carbons (Fsp3) is 0.615. The lowest BCUT2D eigenvalue weighted by Crippen LogP contribution is -2.43.